The standard InChI is InChI=1S/C19H23FN4O2/c1-14-12-17(21-13-15-2-4-16(20)5-3-15)23-18(22-14)24-8-6-19(7-9-24)25-10-11-26-19/h2-5,12H,6-11,13H2,1H3,(H,21,22,23). The van der Waals surface area contributed by atoms with Crippen LogP contribution in [0, 0.1) is 12.7 Å². The van der Waals surface area contributed by atoms with Gasteiger partial charge in [0.15, 0.2) is 5.79 Å². The van der Waals surface area contributed by atoms with Gasteiger partial charge in [0.2, 0.25) is 5.95 Å². The molecule has 3 heterocycles. The predicted octanol–water partition coefficient (Wildman–Crippen LogP) is 2.88. The van der Waals surface area contributed by atoms with Gasteiger partial charge in [-0.25, -0.2) is 9.37 Å². The van der Waals surface area contributed by atoms with Crippen LogP contribution in [0.5, 0.6) is 0 Å². The summed E-state index contributed by atoms with van der Waals surface area (Å²) in [6.07, 6.45) is 1.64. The Kier molecular flexibility index (Phi) is 4.74. The number of halogens is 1. The molecule has 2 aliphatic heterocycles. The van der Waals surface area contributed by atoms with Gasteiger partial charge < -0.3 is 19.7 Å². The normalized spacial score (nSPS) is 19.1. The van der Waals surface area contributed by atoms with Crippen LogP contribution in [0.3, 0.4) is 0 Å². The Bertz CT molecular complexity index is 753. The second kappa shape index (κ2) is 7.17. The Morgan fingerprint density at radius 3 is 2.50 bits per heavy atom. The van der Waals surface area contributed by atoms with Crippen LogP contribution >= 0.6 is 0 Å². The highest BCUT2D eigenvalue weighted by molar-refractivity contribution is 5.44. The second-order valence-corrected chi connectivity index (χ2v) is 6.77. The van der Waals surface area contributed by atoms with Gasteiger partial charge in [-0.15, -0.1) is 0 Å². The maximum atomic E-state index is 13.0. The van der Waals surface area contributed by atoms with Crippen molar-refractivity contribution in [2.24, 2.45) is 0 Å². The van der Waals surface area contributed by atoms with Crippen LogP contribution in [0.15, 0.2) is 30.3 Å². The number of hydrogen-bond acceptors (Lipinski definition) is 6. The van der Waals surface area contributed by atoms with Gasteiger partial charge in [-0.05, 0) is 24.6 Å². The van der Waals surface area contributed by atoms with Gasteiger partial charge in [-0.2, -0.15) is 4.98 Å². The van der Waals surface area contributed by atoms with Crippen molar-refractivity contribution in [2.45, 2.75) is 32.1 Å². The number of nitrogens with zero attached hydrogens (tertiary/aromatic N) is 3. The molecule has 0 aliphatic carbocycles. The summed E-state index contributed by atoms with van der Waals surface area (Å²) in [4.78, 5) is 11.4. The van der Waals surface area contributed by atoms with E-state index in [4.69, 9.17) is 9.47 Å². The Balaban J connectivity index is 1.42. The minimum absolute atomic E-state index is 0.230. The van der Waals surface area contributed by atoms with E-state index in [1.54, 1.807) is 12.1 Å². The molecule has 1 aromatic carbocycles. The third-order valence-corrected chi connectivity index (χ3v) is 4.85. The molecule has 7 heteroatoms. The first-order chi connectivity index (χ1) is 12.6. The van der Waals surface area contributed by atoms with Gasteiger partial charge in [0.1, 0.15) is 11.6 Å². The molecule has 1 aromatic heterocycles. The van der Waals surface area contributed by atoms with Crippen molar-refractivity contribution in [1.82, 2.24) is 9.97 Å². The highest BCUT2D eigenvalue weighted by atomic mass is 19.1. The molecule has 4 rings (SSSR count). The van der Waals surface area contributed by atoms with Crippen LogP contribution in [-0.2, 0) is 16.0 Å². The zero-order valence-corrected chi connectivity index (χ0v) is 14.9. The van der Waals surface area contributed by atoms with Gasteiger partial charge in [-0.1, -0.05) is 12.1 Å². The highest BCUT2D eigenvalue weighted by Gasteiger charge is 2.40. The topological polar surface area (TPSA) is 59.5 Å². The number of aromatic nitrogens is 2. The first-order valence-corrected chi connectivity index (χ1v) is 8.99. The number of hydrogen-bond donors (Lipinski definition) is 1. The lowest BCUT2D eigenvalue weighted by Gasteiger charge is -2.37. The Morgan fingerprint density at radius 2 is 1.81 bits per heavy atom. The molecule has 2 fully saturated rings. The summed E-state index contributed by atoms with van der Waals surface area (Å²) in [6, 6.07) is 8.38. The van der Waals surface area contributed by atoms with Gasteiger partial charge in [0, 0.05) is 44.2 Å². The molecule has 2 aliphatic rings. The number of nitrogens with one attached hydrogen (secondary N) is 1. The number of ether oxygens (including phenoxy) is 2. The summed E-state index contributed by atoms with van der Waals surface area (Å²) < 4.78 is 24.6. The number of piperidine rings is 1. The summed E-state index contributed by atoms with van der Waals surface area (Å²) in [5.74, 6) is 0.862. The summed E-state index contributed by atoms with van der Waals surface area (Å²) in [7, 11) is 0. The quantitative estimate of drug-likeness (QED) is 0.907. The summed E-state index contributed by atoms with van der Waals surface area (Å²) in [5.41, 5.74) is 1.91. The Morgan fingerprint density at radius 1 is 1.12 bits per heavy atom. The van der Waals surface area contributed by atoms with Gasteiger partial charge in [0.05, 0.1) is 13.2 Å². The first-order valence-electron chi connectivity index (χ1n) is 8.99. The molecular formula is C19H23FN4O2. The number of benzene rings is 1. The number of rotatable bonds is 4. The van der Waals surface area contributed by atoms with E-state index in [2.05, 4.69) is 20.2 Å². The molecule has 2 aromatic rings. The molecule has 0 unspecified atom stereocenters. The van der Waals surface area contributed by atoms with Crippen LogP contribution in [0.25, 0.3) is 0 Å². The Labute approximate surface area is 152 Å². The van der Waals surface area contributed by atoms with Crippen molar-refractivity contribution < 1.29 is 13.9 Å². The summed E-state index contributed by atoms with van der Waals surface area (Å²) in [6.45, 7) is 5.52. The van der Waals surface area contributed by atoms with E-state index < -0.39 is 5.79 Å². The number of anilines is 2. The maximum Gasteiger partial charge on any atom is 0.227 e. The molecule has 1 N–H and O–H groups in total. The molecule has 26 heavy (non-hydrogen) atoms. The first kappa shape index (κ1) is 17.2. The zero-order chi connectivity index (χ0) is 18.0. The molecule has 6 nitrogen and oxygen atoms in total. The number of aryl methyl sites for hydroxylation is 1. The fourth-order valence-electron chi connectivity index (χ4n) is 3.41. The van der Waals surface area contributed by atoms with Crippen molar-refractivity contribution in [1.29, 1.82) is 0 Å². The fourth-order valence-corrected chi connectivity index (χ4v) is 3.41. The van der Waals surface area contributed by atoms with Crippen molar-refractivity contribution >= 4 is 11.8 Å². The average molecular weight is 358 g/mol. The summed E-state index contributed by atoms with van der Waals surface area (Å²) >= 11 is 0. The lowest BCUT2D eigenvalue weighted by atomic mass is 10.0. The van der Waals surface area contributed by atoms with E-state index >= 15 is 0 Å². The van der Waals surface area contributed by atoms with E-state index in [0.29, 0.717) is 19.8 Å². The lowest BCUT2D eigenvalue weighted by molar-refractivity contribution is -0.169. The average Bonchev–Trinajstić information content (AvgIpc) is 3.09. The minimum Gasteiger partial charge on any atom is -0.366 e. The van der Waals surface area contributed by atoms with E-state index in [-0.39, 0.29) is 5.82 Å². The van der Waals surface area contributed by atoms with Crippen LogP contribution in [0.4, 0.5) is 16.2 Å². The second-order valence-electron chi connectivity index (χ2n) is 6.77. The molecule has 0 saturated carbocycles. The van der Waals surface area contributed by atoms with Crippen molar-refractivity contribution in [3.8, 4) is 0 Å². The van der Waals surface area contributed by atoms with E-state index in [1.165, 1.54) is 12.1 Å². The highest BCUT2D eigenvalue weighted by Crippen LogP contribution is 2.32. The summed E-state index contributed by atoms with van der Waals surface area (Å²) in [5, 5.41) is 3.30. The molecule has 138 valence electrons. The monoisotopic (exact) mass is 358 g/mol. The van der Waals surface area contributed by atoms with E-state index in [1.807, 2.05) is 13.0 Å². The third-order valence-electron chi connectivity index (χ3n) is 4.85. The van der Waals surface area contributed by atoms with Gasteiger partial charge in [0.25, 0.3) is 0 Å². The molecule has 0 radical (unpaired) electrons. The van der Waals surface area contributed by atoms with Crippen LogP contribution < -0.4 is 10.2 Å². The lowest BCUT2D eigenvalue weighted by Crippen LogP contribution is -2.45. The van der Waals surface area contributed by atoms with E-state index in [0.717, 1.165) is 49.0 Å². The fraction of sp³-hybridized carbons (Fsp3) is 0.474. The third kappa shape index (κ3) is 3.78. The smallest absolute Gasteiger partial charge is 0.227 e. The zero-order valence-electron chi connectivity index (χ0n) is 14.9. The molecular weight excluding hydrogens is 335 g/mol. The SMILES string of the molecule is Cc1cc(NCc2ccc(F)cc2)nc(N2CCC3(CC2)OCCO3)n1. The maximum absolute atomic E-state index is 13.0. The Hall–Kier alpha value is -2.25. The molecule has 0 atom stereocenters. The largest absolute Gasteiger partial charge is 0.366 e. The molecule has 0 amide bonds. The van der Waals surface area contributed by atoms with E-state index in [9.17, 15) is 4.39 Å². The van der Waals surface area contributed by atoms with Crippen LogP contribution in [0.2, 0.25) is 0 Å². The van der Waals surface area contributed by atoms with Crippen LogP contribution in [0.1, 0.15) is 24.1 Å². The van der Waals surface area contributed by atoms with Gasteiger partial charge >= 0.3 is 0 Å². The molecule has 2 saturated heterocycles. The van der Waals surface area contributed by atoms with Crippen molar-refractivity contribution in [2.75, 3.05) is 36.5 Å². The van der Waals surface area contributed by atoms with Crippen LogP contribution in [-0.4, -0.2) is 42.1 Å². The molecule has 0 bridgehead atoms. The predicted molar refractivity (Wildman–Crippen MR) is 96.6 cm³/mol. The van der Waals surface area contributed by atoms with Gasteiger partial charge in [-0.3, -0.25) is 0 Å². The minimum atomic E-state index is -0.399. The molecule has 1 spiro atoms. The van der Waals surface area contributed by atoms with Crippen molar-refractivity contribution in [3.05, 3.63) is 47.4 Å². The van der Waals surface area contributed by atoms with Crippen molar-refractivity contribution in [3.63, 3.8) is 0 Å².